The minimum absolute atomic E-state index is 0.0440. The van der Waals surface area contributed by atoms with Gasteiger partial charge in [0.15, 0.2) is 0 Å². The predicted molar refractivity (Wildman–Crippen MR) is 59.7 cm³/mol. The molecule has 1 aromatic rings. The molecular weight excluding hydrogens is 188 g/mol. The number of ether oxygens (including phenoxy) is 1. The molecule has 3 heteroatoms. The van der Waals surface area contributed by atoms with E-state index in [4.69, 9.17) is 10.5 Å². The summed E-state index contributed by atoms with van der Waals surface area (Å²) in [6.07, 6.45) is 5.31. The summed E-state index contributed by atoms with van der Waals surface area (Å²) in [6, 6.07) is 3.96. The molecule has 1 fully saturated rings. The molecule has 1 atom stereocenters. The van der Waals surface area contributed by atoms with E-state index < -0.39 is 0 Å². The summed E-state index contributed by atoms with van der Waals surface area (Å²) in [5.41, 5.74) is 6.81. The lowest BCUT2D eigenvalue weighted by atomic mass is 10.1. The van der Waals surface area contributed by atoms with Gasteiger partial charge in [-0.25, -0.2) is 0 Å². The quantitative estimate of drug-likeness (QED) is 0.804. The van der Waals surface area contributed by atoms with E-state index in [2.05, 4.69) is 11.9 Å². The Hall–Kier alpha value is -1.09. The number of aromatic nitrogens is 1. The average Bonchev–Trinajstić information content (AvgIpc) is 3.10. The van der Waals surface area contributed by atoms with Gasteiger partial charge in [0, 0.05) is 6.04 Å². The van der Waals surface area contributed by atoms with Gasteiger partial charge >= 0.3 is 0 Å². The van der Waals surface area contributed by atoms with Gasteiger partial charge < -0.3 is 10.5 Å². The summed E-state index contributed by atoms with van der Waals surface area (Å²) < 4.78 is 5.59. The van der Waals surface area contributed by atoms with Crippen molar-refractivity contribution in [2.45, 2.75) is 32.2 Å². The Morgan fingerprint density at radius 3 is 2.87 bits per heavy atom. The molecule has 0 radical (unpaired) electrons. The van der Waals surface area contributed by atoms with E-state index in [1.807, 2.05) is 12.1 Å². The predicted octanol–water partition coefficient (Wildman–Crippen LogP) is 2.28. The number of pyridine rings is 1. The van der Waals surface area contributed by atoms with Gasteiger partial charge in [-0.2, -0.15) is 0 Å². The Bertz CT molecular complexity index is 306. The van der Waals surface area contributed by atoms with Crippen molar-refractivity contribution in [3.63, 3.8) is 0 Å². The van der Waals surface area contributed by atoms with Crippen LogP contribution < -0.4 is 10.5 Å². The molecule has 1 aliphatic rings. The Morgan fingerprint density at radius 1 is 1.53 bits per heavy atom. The summed E-state index contributed by atoms with van der Waals surface area (Å²) in [6.45, 7) is 2.89. The number of hydrogen-bond donors (Lipinski definition) is 1. The highest BCUT2D eigenvalue weighted by Crippen LogP contribution is 2.29. The monoisotopic (exact) mass is 206 g/mol. The van der Waals surface area contributed by atoms with E-state index in [0.29, 0.717) is 0 Å². The van der Waals surface area contributed by atoms with E-state index in [9.17, 15) is 0 Å². The van der Waals surface area contributed by atoms with Crippen molar-refractivity contribution in [3.05, 3.63) is 24.0 Å². The first-order valence-electron chi connectivity index (χ1n) is 5.64. The Labute approximate surface area is 90.7 Å². The van der Waals surface area contributed by atoms with Crippen LogP contribution >= 0.6 is 0 Å². The molecule has 15 heavy (non-hydrogen) atoms. The largest absolute Gasteiger partial charge is 0.492 e. The molecule has 1 heterocycles. The third-order valence-electron chi connectivity index (χ3n) is 2.76. The molecule has 0 spiro atoms. The lowest BCUT2D eigenvalue weighted by Crippen LogP contribution is -2.10. The first-order valence-corrected chi connectivity index (χ1v) is 5.64. The van der Waals surface area contributed by atoms with Crippen molar-refractivity contribution in [3.8, 4) is 5.75 Å². The summed E-state index contributed by atoms with van der Waals surface area (Å²) in [7, 11) is 0. The van der Waals surface area contributed by atoms with Crippen molar-refractivity contribution in [2.75, 3.05) is 6.61 Å². The second-order valence-corrected chi connectivity index (χ2v) is 4.19. The number of nitrogens with zero attached hydrogens (tertiary/aromatic N) is 1. The van der Waals surface area contributed by atoms with Crippen LogP contribution in [0.15, 0.2) is 18.3 Å². The SMILES string of the molecule is CC[C@@H](N)c1ccc(OCC2CC2)cn1. The van der Waals surface area contributed by atoms with Crippen LogP contribution in [0.1, 0.15) is 37.9 Å². The molecule has 0 aliphatic heterocycles. The Balaban J connectivity index is 1.90. The van der Waals surface area contributed by atoms with Crippen LogP contribution in [-0.4, -0.2) is 11.6 Å². The fourth-order valence-electron chi connectivity index (χ4n) is 1.40. The van der Waals surface area contributed by atoms with Crippen molar-refractivity contribution >= 4 is 0 Å². The zero-order valence-electron chi connectivity index (χ0n) is 9.15. The fourth-order valence-corrected chi connectivity index (χ4v) is 1.40. The van der Waals surface area contributed by atoms with Crippen LogP contribution in [0.4, 0.5) is 0 Å². The van der Waals surface area contributed by atoms with Gasteiger partial charge in [-0.05, 0) is 37.3 Å². The third-order valence-corrected chi connectivity index (χ3v) is 2.76. The molecular formula is C12H18N2O. The number of nitrogens with two attached hydrogens (primary N) is 1. The zero-order chi connectivity index (χ0) is 10.7. The third kappa shape index (κ3) is 2.93. The van der Waals surface area contributed by atoms with Crippen LogP contribution in [0.2, 0.25) is 0 Å². The summed E-state index contributed by atoms with van der Waals surface area (Å²) in [4.78, 5) is 4.30. The van der Waals surface area contributed by atoms with Gasteiger partial charge in [-0.1, -0.05) is 6.92 Å². The average molecular weight is 206 g/mol. The molecule has 82 valence electrons. The van der Waals surface area contributed by atoms with Gasteiger partial charge in [0.05, 0.1) is 18.5 Å². The summed E-state index contributed by atoms with van der Waals surface area (Å²) in [5.74, 6) is 1.64. The molecule has 3 nitrogen and oxygen atoms in total. The van der Waals surface area contributed by atoms with E-state index in [-0.39, 0.29) is 6.04 Å². The van der Waals surface area contributed by atoms with E-state index in [1.165, 1.54) is 12.8 Å². The second-order valence-electron chi connectivity index (χ2n) is 4.19. The van der Waals surface area contributed by atoms with Gasteiger partial charge in [0.1, 0.15) is 5.75 Å². The first-order chi connectivity index (χ1) is 7.29. The highest BCUT2D eigenvalue weighted by atomic mass is 16.5. The van der Waals surface area contributed by atoms with Gasteiger partial charge in [-0.15, -0.1) is 0 Å². The zero-order valence-corrected chi connectivity index (χ0v) is 9.15. The van der Waals surface area contributed by atoms with Gasteiger partial charge in [0.2, 0.25) is 0 Å². The minimum Gasteiger partial charge on any atom is -0.492 e. The molecule has 0 unspecified atom stereocenters. The lowest BCUT2D eigenvalue weighted by Gasteiger charge is -2.09. The molecule has 0 amide bonds. The van der Waals surface area contributed by atoms with Crippen LogP contribution in [0.3, 0.4) is 0 Å². The van der Waals surface area contributed by atoms with Gasteiger partial charge in [-0.3, -0.25) is 4.98 Å². The van der Waals surface area contributed by atoms with Crippen molar-refractivity contribution in [1.29, 1.82) is 0 Å². The highest BCUT2D eigenvalue weighted by molar-refractivity contribution is 5.21. The summed E-state index contributed by atoms with van der Waals surface area (Å²) >= 11 is 0. The van der Waals surface area contributed by atoms with Crippen LogP contribution in [0.25, 0.3) is 0 Å². The van der Waals surface area contributed by atoms with E-state index in [0.717, 1.165) is 30.4 Å². The van der Waals surface area contributed by atoms with Crippen molar-refractivity contribution in [2.24, 2.45) is 11.7 Å². The minimum atomic E-state index is 0.0440. The van der Waals surface area contributed by atoms with Crippen molar-refractivity contribution < 1.29 is 4.74 Å². The molecule has 2 N–H and O–H groups in total. The topological polar surface area (TPSA) is 48.1 Å². The number of rotatable bonds is 5. The standard InChI is InChI=1S/C12H18N2O/c1-2-11(13)12-6-5-10(7-14-12)15-8-9-3-4-9/h5-7,9,11H,2-4,8,13H2,1H3/t11-/m1/s1. The Kier molecular flexibility index (Phi) is 3.21. The fraction of sp³-hybridized carbons (Fsp3) is 0.583. The van der Waals surface area contributed by atoms with Crippen LogP contribution in [-0.2, 0) is 0 Å². The van der Waals surface area contributed by atoms with E-state index >= 15 is 0 Å². The number of hydrogen-bond acceptors (Lipinski definition) is 3. The first kappa shape index (κ1) is 10.4. The normalized spacial score (nSPS) is 17.5. The Morgan fingerprint density at radius 2 is 2.33 bits per heavy atom. The lowest BCUT2D eigenvalue weighted by molar-refractivity contribution is 0.298. The maximum Gasteiger partial charge on any atom is 0.137 e. The molecule has 1 aliphatic carbocycles. The summed E-state index contributed by atoms with van der Waals surface area (Å²) in [5, 5.41) is 0. The van der Waals surface area contributed by atoms with Gasteiger partial charge in [0.25, 0.3) is 0 Å². The molecule has 0 saturated heterocycles. The maximum absolute atomic E-state index is 5.87. The molecule has 1 aromatic heterocycles. The molecule has 0 aromatic carbocycles. The van der Waals surface area contributed by atoms with Crippen LogP contribution in [0, 0.1) is 5.92 Å². The molecule has 2 rings (SSSR count). The smallest absolute Gasteiger partial charge is 0.137 e. The molecule has 0 bridgehead atoms. The highest BCUT2D eigenvalue weighted by Gasteiger charge is 2.21. The second kappa shape index (κ2) is 4.62. The molecule has 1 saturated carbocycles. The van der Waals surface area contributed by atoms with E-state index in [1.54, 1.807) is 6.20 Å². The van der Waals surface area contributed by atoms with Crippen molar-refractivity contribution in [1.82, 2.24) is 4.98 Å². The maximum atomic E-state index is 5.87. The van der Waals surface area contributed by atoms with Crippen LogP contribution in [0.5, 0.6) is 5.75 Å².